The number of carbonyl (C=O) groups excluding carboxylic acids is 2. The Kier molecular flexibility index (Phi) is 8.09. The lowest BCUT2D eigenvalue weighted by atomic mass is 10.0. The fourth-order valence-electron chi connectivity index (χ4n) is 5.10. The van der Waals surface area contributed by atoms with E-state index in [4.69, 9.17) is 0 Å². The van der Waals surface area contributed by atoms with Crippen LogP contribution in [0.15, 0.2) is 78.9 Å². The van der Waals surface area contributed by atoms with E-state index >= 15 is 0 Å². The molecule has 1 heterocycles. The van der Waals surface area contributed by atoms with Gasteiger partial charge in [0.1, 0.15) is 5.75 Å². The van der Waals surface area contributed by atoms with Gasteiger partial charge in [-0.15, -0.1) is 0 Å². The third-order valence-corrected chi connectivity index (χ3v) is 7.22. The van der Waals surface area contributed by atoms with Crippen molar-refractivity contribution in [2.75, 3.05) is 11.9 Å². The molecule has 0 saturated heterocycles. The summed E-state index contributed by atoms with van der Waals surface area (Å²) in [7, 11) is 0. The first kappa shape index (κ1) is 27.9. The van der Waals surface area contributed by atoms with Gasteiger partial charge in [-0.2, -0.15) is 23.0 Å². The van der Waals surface area contributed by atoms with Gasteiger partial charge in [0.15, 0.2) is 0 Å². The van der Waals surface area contributed by atoms with E-state index in [2.05, 4.69) is 15.7 Å². The average Bonchev–Trinajstić information content (AvgIpc) is 3.64. The number of phenols is 1. The van der Waals surface area contributed by atoms with Crippen molar-refractivity contribution in [1.82, 2.24) is 15.1 Å². The molecule has 7 nitrogen and oxygen atoms in total. The summed E-state index contributed by atoms with van der Waals surface area (Å²) in [6.07, 6.45) is 0.103. The summed E-state index contributed by atoms with van der Waals surface area (Å²) in [5.41, 5.74) is 1.74. The van der Waals surface area contributed by atoms with Gasteiger partial charge in [0.2, 0.25) is 0 Å². The molecule has 212 valence electrons. The lowest BCUT2D eigenvalue weighted by molar-refractivity contribution is -0.137. The number of aromatic nitrogens is 2. The minimum absolute atomic E-state index is 0.165. The van der Waals surface area contributed by atoms with Crippen molar-refractivity contribution in [3.05, 3.63) is 101 Å². The van der Waals surface area contributed by atoms with Gasteiger partial charge in [-0.05, 0) is 61.2 Å². The third kappa shape index (κ3) is 6.59. The van der Waals surface area contributed by atoms with E-state index in [1.54, 1.807) is 6.07 Å². The second kappa shape index (κ2) is 11.9. The molecule has 1 aromatic heterocycles. The van der Waals surface area contributed by atoms with Gasteiger partial charge in [0, 0.05) is 35.3 Å². The summed E-state index contributed by atoms with van der Waals surface area (Å²) in [4.78, 5) is 25.7. The first-order chi connectivity index (χ1) is 19.7. The van der Waals surface area contributed by atoms with Crippen LogP contribution >= 0.6 is 0 Å². The first-order valence-electron chi connectivity index (χ1n) is 13.4. The zero-order valence-corrected chi connectivity index (χ0v) is 22.1. The number of benzene rings is 3. The molecule has 3 N–H and O–H groups in total. The molecule has 0 bridgehead atoms. The monoisotopic (exact) mass is 562 g/mol. The summed E-state index contributed by atoms with van der Waals surface area (Å²) < 4.78 is 40.5. The molecule has 10 heteroatoms. The van der Waals surface area contributed by atoms with Crippen molar-refractivity contribution < 1.29 is 27.9 Å². The van der Waals surface area contributed by atoms with E-state index < -0.39 is 17.6 Å². The zero-order valence-electron chi connectivity index (χ0n) is 22.1. The highest BCUT2D eigenvalue weighted by molar-refractivity contribution is 6.04. The summed E-state index contributed by atoms with van der Waals surface area (Å²) in [6, 6.07) is 19.8. The Hall–Kier alpha value is -4.60. The lowest BCUT2D eigenvalue weighted by Crippen LogP contribution is -2.32. The molecule has 3 aromatic carbocycles. The van der Waals surface area contributed by atoms with Crippen LogP contribution in [0.1, 0.15) is 58.8 Å². The Morgan fingerprint density at radius 3 is 2.41 bits per heavy atom. The van der Waals surface area contributed by atoms with Crippen LogP contribution in [-0.4, -0.2) is 33.4 Å². The minimum Gasteiger partial charge on any atom is -0.507 e. The van der Waals surface area contributed by atoms with Crippen LogP contribution in [0.2, 0.25) is 0 Å². The van der Waals surface area contributed by atoms with Gasteiger partial charge >= 0.3 is 12.2 Å². The van der Waals surface area contributed by atoms with E-state index in [-0.39, 0.29) is 28.9 Å². The number of aromatic hydroxyl groups is 1. The molecule has 0 radical (unpaired) electrons. The second-order valence-electron chi connectivity index (χ2n) is 10.1. The quantitative estimate of drug-likeness (QED) is 0.226. The van der Waals surface area contributed by atoms with Gasteiger partial charge in [-0.1, -0.05) is 49.2 Å². The molecule has 1 aliphatic rings. The number of amides is 2. The average molecular weight is 563 g/mol. The van der Waals surface area contributed by atoms with Gasteiger partial charge in [0.05, 0.1) is 17.0 Å². The number of nitrogens with one attached hydrogen (secondary N) is 2. The Morgan fingerprint density at radius 2 is 1.71 bits per heavy atom. The molecule has 0 unspecified atom stereocenters. The van der Waals surface area contributed by atoms with Crippen molar-refractivity contribution in [1.29, 1.82) is 0 Å². The van der Waals surface area contributed by atoms with Crippen LogP contribution in [0.5, 0.6) is 5.75 Å². The van der Waals surface area contributed by atoms with Crippen molar-refractivity contribution in [2.24, 2.45) is 0 Å². The molecule has 2 amide bonds. The third-order valence-electron chi connectivity index (χ3n) is 7.22. The fraction of sp³-hybridized carbons (Fsp3) is 0.258. The second-order valence-corrected chi connectivity index (χ2v) is 10.1. The Labute approximate surface area is 235 Å². The number of hydrogen-bond acceptors (Lipinski definition) is 4. The number of rotatable bonds is 7. The molecule has 1 aliphatic carbocycles. The van der Waals surface area contributed by atoms with Crippen molar-refractivity contribution in [2.45, 2.75) is 44.2 Å². The van der Waals surface area contributed by atoms with Crippen molar-refractivity contribution in [3.8, 4) is 17.0 Å². The standard InChI is InChI=1S/C31H29F3N4O3/c32-31(33,34)23-12-6-11-22(17-23)29(40)36-24-13-14-25(28(39)18-24)26-19-27(21-9-4-5-10-21)38(37-26)30(41)35-16-15-20-7-2-1-3-8-20/h1-3,6-8,11-14,17-19,21,39H,4-5,9-10,15-16H2,(H,35,41)(H,36,40). The molecule has 5 rings (SSSR count). The van der Waals surface area contributed by atoms with Crippen LogP contribution < -0.4 is 10.6 Å². The lowest BCUT2D eigenvalue weighted by Gasteiger charge is -2.12. The van der Waals surface area contributed by atoms with Crippen LogP contribution in [0.25, 0.3) is 11.3 Å². The first-order valence-corrected chi connectivity index (χ1v) is 13.4. The van der Waals surface area contributed by atoms with Crippen molar-refractivity contribution >= 4 is 17.6 Å². The molecule has 1 saturated carbocycles. The highest BCUT2D eigenvalue weighted by atomic mass is 19.4. The Balaban J connectivity index is 1.33. The van der Waals surface area contributed by atoms with Gasteiger partial charge in [-0.3, -0.25) is 4.79 Å². The number of nitrogens with zero attached hydrogens (tertiary/aromatic N) is 2. The van der Waals surface area contributed by atoms with E-state index in [0.29, 0.717) is 24.2 Å². The number of phenolic OH excluding ortho intramolecular Hbond substituents is 1. The maximum atomic E-state index is 13.1. The zero-order chi connectivity index (χ0) is 29.0. The molecule has 0 aliphatic heterocycles. The Morgan fingerprint density at radius 1 is 0.951 bits per heavy atom. The smallest absolute Gasteiger partial charge is 0.416 e. The number of halogens is 3. The summed E-state index contributed by atoms with van der Waals surface area (Å²) >= 11 is 0. The van der Waals surface area contributed by atoms with Gasteiger partial charge in [-0.25, -0.2) is 4.79 Å². The number of anilines is 1. The van der Waals surface area contributed by atoms with Gasteiger partial charge < -0.3 is 15.7 Å². The van der Waals surface area contributed by atoms with Crippen molar-refractivity contribution in [3.63, 3.8) is 0 Å². The van der Waals surface area contributed by atoms with E-state index in [1.807, 2.05) is 36.4 Å². The number of alkyl halides is 3. The topological polar surface area (TPSA) is 96.3 Å². The van der Waals surface area contributed by atoms with Crippen LogP contribution in [0, 0.1) is 0 Å². The predicted molar refractivity (Wildman–Crippen MR) is 149 cm³/mol. The highest BCUT2D eigenvalue weighted by Gasteiger charge is 2.31. The normalized spacial score (nSPS) is 13.7. The molecule has 4 aromatic rings. The van der Waals surface area contributed by atoms with E-state index in [9.17, 15) is 27.9 Å². The molecule has 1 fully saturated rings. The van der Waals surface area contributed by atoms with Crippen LogP contribution in [-0.2, 0) is 12.6 Å². The molecule has 0 spiro atoms. The fourth-order valence-corrected chi connectivity index (χ4v) is 5.10. The maximum absolute atomic E-state index is 13.1. The summed E-state index contributed by atoms with van der Waals surface area (Å²) in [5.74, 6) is -0.772. The van der Waals surface area contributed by atoms with E-state index in [1.165, 1.54) is 22.9 Å². The number of carbonyl (C=O) groups is 2. The Bertz CT molecular complexity index is 1540. The molecular formula is C31H29F3N4O3. The minimum atomic E-state index is -4.57. The van der Waals surface area contributed by atoms with Gasteiger partial charge in [0.25, 0.3) is 5.91 Å². The summed E-state index contributed by atoms with van der Waals surface area (Å²) in [6.45, 7) is 0.438. The van der Waals surface area contributed by atoms with E-state index in [0.717, 1.165) is 55.1 Å². The van der Waals surface area contributed by atoms with Crippen LogP contribution in [0.4, 0.5) is 23.7 Å². The maximum Gasteiger partial charge on any atom is 0.416 e. The molecular weight excluding hydrogens is 533 g/mol. The molecule has 41 heavy (non-hydrogen) atoms. The predicted octanol–water partition coefficient (Wildman–Crippen LogP) is 6.98. The highest BCUT2D eigenvalue weighted by Crippen LogP contribution is 2.38. The molecule has 0 atom stereocenters. The number of hydrogen-bond donors (Lipinski definition) is 3. The SMILES string of the molecule is O=C(Nc1ccc(-c2cc(C3CCCC3)n(C(=O)NCCc3ccccc3)n2)c(O)c1)c1cccc(C(F)(F)F)c1. The largest absolute Gasteiger partial charge is 0.507 e. The summed E-state index contributed by atoms with van der Waals surface area (Å²) in [5, 5.41) is 20.8. The van der Waals surface area contributed by atoms with Crippen LogP contribution in [0.3, 0.4) is 0 Å².